The Hall–Kier alpha value is -2.82. The van der Waals surface area contributed by atoms with Crippen molar-refractivity contribution in [2.24, 2.45) is 0 Å². The largest absolute Gasteiger partial charge is 0.497 e. The maximum atomic E-state index is 11.8. The van der Waals surface area contributed by atoms with Crippen molar-refractivity contribution in [1.82, 2.24) is 0 Å². The molecule has 0 aliphatic rings. The van der Waals surface area contributed by atoms with Crippen molar-refractivity contribution in [2.75, 3.05) is 13.7 Å². The number of benzene rings is 2. The Labute approximate surface area is 134 Å². The van der Waals surface area contributed by atoms with E-state index in [9.17, 15) is 9.59 Å². The molecule has 2 rings (SSSR count). The second-order valence-electron chi connectivity index (χ2n) is 4.90. The van der Waals surface area contributed by atoms with E-state index in [1.54, 1.807) is 43.5 Å². The van der Waals surface area contributed by atoms with Crippen molar-refractivity contribution in [3.8, 4) is 11.5 Å². The van der Waals surface area contributed by atoms with Crippen LogP contribution < -0.4 is 9.47 Å². The first kappa shape index (κ1) is 16.5. The van der Waals surface area contributed by atoms with Crippen LogP contribution in [-0.2, 0) is 9.53 Å². The van der Waals surface area contributed by atoms with Gasteiger partial charge in [-0.2, -0.15) is 0 Å². The smallest absolute Gasteiger partial charge is 0.338 e. The minimum Gasteiger partial charge on any atom is -0.497 e. The Kier molecular flexibility index (Phi) is 5.74. The maximum absolute atomic E-state index is 11.8. The average molecular weight is 314 g/mol. The van der Waals surface area contributed by atoms with E-state index in [4.69, 9.17) is 14.2 Å². The van der Waals surface area contributed by atoms with E-state index in [-0.39, 0.29) is 13.0 Å². The molecule has 2 aromatic carbocycles. The molecule has 0 saturated heterocycles. The van der Waals surface area contributed by atoms with E-state index in [0.29, 0.717) is 17.1 Å². The molecule has 0 unspecified atom stereocenters. The number of ether oxygens (including phenoxy) is 3. The molecule has 0 aromatic heterocycles. The topological polar surface area (TPSA) is 61.8 Å². The number of aryl methyl sites for hydroxylation is 1. The highest BCUT2D eigenvalue weighted by Crippen LogP contribution is 2.13. The van der Waals surface area contributed by atoms with Gasteiger partial charge in [0, 0.05) is 0 Å². The lowest BCUT2D eigenvalue weighted by molar-refractivity contribution is -0.135. The molecule has 0 N–H and O–H groups in total. The normalized spacial score (nSPS) is 10.0. The third kappa shape index (κ3) is 5.14. The second-order valence-corrected chi connectivity index (χ2v) is 4.90. The lowest BCUT2D eigenvalue weighted by Gasteiger charge is -2.06. The molecular weight excluding hydrogens is 296 g/mol. The second kappa shape index (κ2) is 7.98. The zero-order chi connectivity index (χ0) is 16.7. The maximum Gasteiger partial charge on any atom is 0.338 e. The number of carbonyl (C=O) groups is 2. The fraction of sp³-hybridized carbons (Fsp3) is 0.222. The van der Waals surface area contributed by atoms with E-state index in [1.165, 1.54) is 0 Å². The van der Waals surface area contributed by atoms with Crippen molar-refractivity contribution < 1.29 is 23.8 Å². The Morgan fingerprint density at radius 1 is 0.913 bits per heavy atom. The van der Waals surface area contributed by atoms with Crippen molar-refractivity contribution in [1.29, 1.82) is 0 Å². The zero-order valence-corrected chi connectivity index (χ0v) is 13.1. The van der Waals surface area contributed by atoms with Crippen LogP contribution in [0.15, 0.2) is 48.5 Å². The van der Waals surface area contributed by atoms with Gasteiger partial charge in [0.05, 0.1) is 19.1 Å². The van der Waals surface area contributed by atoms with Gasteiger partial charge in [0.15, 0.2) is 0 Å². The summed E-state index contributed by atoms with van der Waals surface area (Å²) in [7, 11) is 1.55. The van der Waals surface area contributed by atoms with Crippen LogP contribution in [-0.4, -0.2) is 25.7 Å². The third-order valence-corrected chi connectivity index (χ3v) is 3.12. The standard InChI is InChI=1S/C18H18O5/c1-13-3-7-16(8-4-13)23-17(19)11-12-22-18(20)14-5-9-15(21-2)10-6-14/h3-10H,11-12H2,1-2H3. The molecule has 0 fully saturated rings. The molecule has 2 aromatic rings. The average Bonchev–Trinajstić information content (AvgIpc) is 2.57. The summed E-state index contributed by atoms with van der Waals surface area (Å²) in [5.74, 6) is 0.192. The van der Waals surface area contributed by atoms with Gasteiger partial charge in [0.25, 0.3) is 0 Å². The lowest BCUT2D eigenvalue weighted by Crippen LogP contribution is -2.14. The quantitative estimate of drug-likeness (QED) is 0.605. The SMILES string of the molecule is COc1ccc(C(=O)OCCC(=O)Oc2ccc(C)cc2)cc1. The highest BCUT2D eigenvalue weighted by Gasteiger charge is 2.10. The Balaban J connectivity index is 1.76. The minimum atomic E-state index is -0.490. The van der Waals surface area contributed by atoms with Gasteiger partial charge in [0.1, 0.15) is 18.1 Å². The molecule has 0 amide bonds. The summed E-state index contributed by atoms with van der Waals surface area (Å²) < 4.78 is 15.2. The van der Waals surface area contributed by atoms with Gasteiger partial charge < -0.3 is 14.2 Å². The first-order valence-corrected chi connectivity index (χ1v) is 7.17. The molecule has 23 heavy (non-hydrogen) atoms. The Bertz CT molecular complexity index is 659. The van der Waals surface area contributed by atoms with Crippen LogP contribution >= 0.6 is 0 Å². The van der Waals surface area contributed by atoms with E-state index in [2.05, 4.69) is 0 Å². The van der Waals surface area contributed by atoms with Gasteiger partial charge in [-0.05, 0) is 43.3 Å². The molecule has 120 valence electrons. The van der Waals surface area contributed by atoms with E-state index in [0.717, 1.165) is 5.56 Å². The summed E-state index contributed by atoms with van der Waals surface area (Å²) in [6.07, 6.45) is -0.00420. The summed E-state index contributed by atoms with van der Waals surface area (Å²) >= 11 is 0. The summed E-state index contributed by atoms with van der Waals surface area (Å²) in [5, 5.41) is 0. The monoisotopic (exact) mass is 314 g/mol. The lowest BCUT2D eigenvalue weighted by atomic mass is 10.2. The number of rotatable bonds is 6. The van der Waals surface area contributed by atoms with Gasteiger partial charge in [-0.3, -0.25) is 4.79 Å². The van der Waals surface area contributed by atoms with Gasteiger partial charge in [-0.25, -0.2) is 4.79 Å². The summed E-state index contributed by atoms with van der Waals surface area (Å²) in [5.41, 5.74) is 1.48. The number of carbonyl (C=O) groups excluding carboxylic acids is 2. The highest BCUT2D eigenvalue weighted by atomic mass is 16.5. The van der Waals surface area contributed by atoms with Crippen molar-refractivity contribution in [3.63, 3.8) is 0 Å². The van der Waals surface area contributed by atoms with E-state index in [1.807, 2.05) is 19.1 Å². The molecule has 0 aliphatic carbocycles. The van der Waals surface area contributed by atoms with Crippen molar-refractivity contribution in [3.05, 3.63) is 59.7 Å². The molecule has 0 radical (unpaired) electrons. The molecule has 0 spiro atoms. The fourth-order valence-electron chi connectivity index (χ4n) is 1.83. The molecule has 0 saturated carbocycles. The molecule has 5 nitrogen and oxygen atoms in total. The van der Waals surface area contributed by atoms with Crippen LogP contribution in [0.5, 0.6) is 11.5 Å². The predicted octanol–water partition coefficient (Wildman–Crippen LogP) is 3.16. The summed E-state index contributed by atoms with van der Waals surface area (Å²) in [6.45, 7) is 1.92. The first-order chi connectivity index (χ1) is 11.1. The fourth-order valence-corrected chi connectivity index (χ4v) is 1.83. The van der Waals surface area contributed by atoms with Crippen LogP contribution in [0.1, 0.15) is 22.3 Å². The van der Waals surface area contributed by atoms with Crippen LogP contribution in [0.3, 0.4) is 0 Å². The molecule has 0 aliphatic heterocycles. The Morgan fingerprint density at radius 3 is 2.13 bits per heavy atom. The van der Waals surface area contributed by atoms with Crippen LogP contribution in [0, 0.1) is 6.92 Å². The highest BCUT2D eigenvalue weighted by molar-refractivity contribution is 5.89. The van der Waals surface area contributed by atoms with Gasteiger partial charge in [-0.15, -0.1) is 0 Å². The predicted molar refractivity (Wildman–Crippen MR) is 84.7 cm³/mol. The summed E-state index contributed by atoms with van der Waals surface area (Å²) in [6, 6.07) is 13.7. The molecule has 0 bridgehead atoms. The molecule has 0 heterocycles. The van der Waals surface area contributed by atoms with E-state index >= 15 is 0 Å². The van der Waals surface area contributed by atoms with E-state index < -0.39 is 11.9 Å². The Morgan fingerprint density at radius 2 is 1.52 bits per heavy atom. The zero-order valence-electron chi connectivity index (χ0n) is 13.1. The van der Waals surface area contributed by atoms with Gasteiger partial charge in [0.2, 0.25) is 0 Å². The molecule has 0 atom stereocenters. The number of hydrogen-bond donors (Lipinski definition) is 0. The minimum absolute atomic E-state index is 0.00420. The third-order valence-electron chi connectivity index (χ3n) is 3.12. The van der Waals surface area contributed by atoms with Crippen molar-refractivity contribution >= 4 is 11.9 Å². The number of hydrogen-bond acceptors (Lipinski definition) is 5. The van der Waals surface area contributed by atoms with Gasteiger partial charge in [-0.1, -0.05) is 17.7 Å². The van der Waals surface area contributed by atoms with Gasteiger partial charge >= 0.3 is 11.9 Å². The molecule has 5 heteroatoms. The van der Waals surface area contributed by atoms with Crippen LogP contribution in [0.2, 0.25) is 0 Å². The van der Waals surface area contributed by atoms with Crippen molar-refractivity contribution in [2.45, 2.75) is 13.3 Å². The van der Waals surface area contributed by atoms with Crippen LogP contribution in [0.4, 0.5) is 0 Å². The number of esters is 2. The first-order valence-electron chi connectivity index (χ1n) is 7.17. The summed E-state index contributed by atoms with van der Waals surface area (Å²) in [4.78, 5) is 23.5. The van der Waals surface area contributed by atoms with Crippen LogP contribution in [0.25, 0.3) is 0 Å². The number of methoxy groups -OCH3 is 1. The molecular formula is C18H18O5.